The monoisotopic (exact) mass is 217 g/mol. The van der Waals surface area contributed by atoms with Gasteiger partial charge in [0.05, 0.1) is 0 Å². The van der Waals surface area contributed by atoms with Crippen LogP contribution in [0.25, 0.3) is 0 Å². The Labute approximate surface area is 85.1 Å². The summed E-state index contributed by atoms with van der Waals surface area (Å²) in [4.78, 5) is 11.3. The van der Waals surface area contributed by atoms with Crippen molar-refractivity contribution in [2.24, 2.45) is 0 Å². The number of rotatable bonds is 4. The summed E-state index contributed by atoms with van der Waals surface area (Å²) in [5.74, 6) is -0.125. The second kappa shape index (κ2) is 5.18. The third-order valence-corrected chi connectivity index (χ3v) is 3.21. The lowest BCUT2D eigenvalue weighted by atomic mass is 10.5. The molecule has 6 heteroatoms. The maximum absolute atomic E-state index is 11.3. The van der Waals surface area contributed by atoms with Crippen LogP contribution in [0, 0.1) is 0 Å². The molecule has 0 aliphatic rings. The van der Waals surface area contributed by atoms with Gasteiger partial charge in [0.15, 0.2) is 4.34 Å². The molecule has 1 aromatic heterocycles. The molecule has 4 nitrogen and oxygen atoms in total. The van der Waals surface area contributed by atoms with Crippen molar-refractivity contribution >= 4 is 29.0 Å². The number of carbonyl (C=O) groups is 1. The lowest BCUT2D eigenvalue weighted by molar-refractivity contribution is 0.0952. The zero-order valence-corrected chi connectivity index (χ0v) is 9.17. The van der Waals surface area contributed by atoms with Crippen molar-refractivity contribution in [1.82, 2.24) is 15.5 Å². The average molecular weight is 217 g/mol. The van der Waals surface area contributed by atoms with Crippen molar-refractivity contribution in [1.29, 1.82) is 0 Å². The Hall–Kier alpha value is -0.620. The maximum Gasteiger partial charge on any atom is 0.282 e. The highest BCUT2D eigenvalue weighted by Gasteiger charge is 2.10. The van der Waals surface area contributed by atoms with Crippen LogP contribution in [-0.2, 0) is 0 Å². The number of aromatic nitrogens is 2. The Morgan fingerprint density at radius 2 is 2.38 bits per heavy atom. The van der Waals surface area contributed by atoms with E-state index in [1.165, 1.54) is 23.1 Å². The van der Waals surface area contributed by atoms with Crippen molar-refractivity contribution in [3.8, 4) is 0 Å². The van der Waals surface area contributed by atoms with E-state index < -0.39 is 0 Å². The molecule has 72 valence electrons. The molecule has 1 rings (SSSR count). The fraction of sp³-hybridized carbons (Fsp3) is 0.571. The molecule has 1 N–H and O–H groups in total. The normalized spacial score (nSPS) is 10.0. The first-order valence-corrected chi connectivity index (χ1v) is 5.97. The van der Waals surface area contributed by atoms with Crippen LogP contribution in [0.4, 0.5) is 0 Å². The minimum Gasteiger partial charge on any atom is -0.350 e. The van der Waals surface area contributed by atoms with Gasteiger partial charge < -0.3 is 5.32 Å². The second-order valence-corrected chi connectivity index (χ2v) is 4.36. The first-order chi connectivity index (χ1) is 6.27. The number of thioether (sulfide) groups is 1. The molecule has 0 aliphatic carbocycles. The minimum atomic E-state index is -0.125. The van der Waals surface area contributed by atoms with Gasteiger partial charge in [0, 0.05) is 6.54 Å². The van der Waals surface area contributed by atoms with E-state index in [-0.39, 0.29) is 5.91 Å². The smallest absolute Gasteiger partial charge is 0.282 e. The molecule has 0 aromatic carbocycles. The molecule has 0 unspecified atom stereocenters. The lowest BCUT2D eigenvalue weighted by Gasteiger charge is -1.97. The molecular formula is C7H11N3OS2. The SMILES string of the molecule is CCCNC(=O)c1nnc(SC)s1. The van der Waals surface area contributed by atoms with E-state index in [9.17, 15) is 4.79 Å². The first kappa shape index (κ1) is 10.5. The van der Waals surface area contributed by atoms with Crippen LogP contribution in [0.15, 0.2) is 4.34 Å². The van der Waals surface area contributed by atoms with E-state index in [0.29, 0.717) is 11.6 Å². The van der Waals surface area contributed by atoms with Crippen molar-refractivity contribution in [2.45, 2.75) is 17.7 Å². The van der Waals surface area contributed by atoms with Gasteiger partial charge in [-0.25, -0.2) is 0 Å². The zero-order chi connectivity index (χ0) is 9.68. The van der Waals surface area contributed by atoms with Crippen molar-refractivity contribution in [3.05, 3.63) is 5.01 Å². The number of nitrogens with one attached hydrogen (secondary N) is 1. The summed E-state index contributed by atoms with van der Waals surface area (Å²) in [5, 5.41) is 10.8. The van der Waals surface area contributed by atoms with Crippen LogP contribution < -0.4 is 5.32 Å². The van der Waals surface area contributed by atoms with Gasteiger partial charge in [-0.1, -0.05) is 30.0 Å². The fourth-order valence-electron chi connectivity index (χ4n) is 0.698. The Balaban J connectivity index is 2.55. The molecule has 0 bridgehead atoms. The number of amides is 1. The molecule has 0 atom stereocenters. The van der Waals surface area contributed by atoms with Gasteiger partial charge in [0.1, 0.15) is 0 Å². The predicted molar refractivity (Wildman–Crippen MR) is 54.3 cm³/mol. The van der Waals surface area contributed by atoms with Gasteiger partial charge in [0.2, 0.25) is 5.01 Å². The van der Waals surface area contributed by atoms with Gasteiger partial charge in [-0.2, -0.15) is 0 Å². The van der Waals surface area contributed by atoms with Gasteiger partial charge >= 0.3 is 0 Å². The highest BCUT2D eigenvalue weighted by atomic mass is 32.2. The molecule has 1 amide bonds. The Kier molecular flexibility index (Phi) is 4.17. The summed E-state index contributed by atoms with van der Waals surface area (Å²) in [5.41, 5.74) is 0. The van der Waals surface area contributed by atoms with E-state index in [0.717, 1.165) is 10.8 Å². The predicted octanol–water partition coefficient (Wildman–Crippen LogP) is 1.40. The molecule has 0 saturated carbocycles. The summed E-state index contributed by atoms with van der Waals surface area (Å²) in [6.07, 6.45) is 2.84. The van der Waals surface area contributed by atoms with Crippen LogP contribution in [0.1, 0.15) is 23.1 Å². The number of hydrogen-bond donors (Lipinski definition) is 1. The summed E-state index contributed by atoms with van der Waals surface area (Å²) in [6.45, 7) is 2.70. The Morgan fingerprint density at radius 3 is 2.92 bits per heavy atom. The molecule has 0 spiro atoms. The molecular weight excluding hydrogens is 206 g/mol. The largest absolute Gasteiger partial charge is 0.350 e. The van der Waals surface area contributed by atoms with Crippen LogP contribution in [0.5, 0.6) is 0 Å². The van der Waals surface area contributed by atoms with Crippen molar-refractivity contribution in [2.75, 3.05) is 12.8 Å². The van der Waals surface area contributed by atoms with Gasteiger partial charge in [-0.05, 0) is 12.7 Å². The molecule has 0 saturated heterocycles. The van der Waals surface area contributed by atoms with Gasteiger partial charge in [-0.15, -0.1) is 10.2 Å². The van der Waals surface area contributed by atoms with Gasteiger partial charge in [-0.3, -0.25) is 4.79 Å². The topological polar surface area (TPSA) is 54.9 Å². The second-order valence-electron chi connectivity index (χ2n) is 2.33. The minimum absolute atomic E-state index is 0.125. The van der Waals surface area contributed by atoms with E-state index in [1.807, 2.05) is 13.2 Å². The van der Waals surface area contributed by atoms with Gasteiger partial charge in [0.25, 0.3) is 5.91 Å². The van der Waals surface area contributed by atoms with Crippen LogP contribution in [-0.4, -0.2) is 28.9 Å². The lowest BCUT2D eigenvalue weighted by Crippen LogP contribution is -2.23. The van der Waals surface area contributed by atoms with Crippen LogP contribution in [0.2, 0.25) is 0 Å². The summed E-state index contributed by atoms with van der Waals surface area (Å²) < 4.78 is 0.821. The number of hydrogen-bond acceptors (Lipinski definition) is 5. The van der Waals surface area contributed by atoms with E-state index in [1.54, 1.807) is 0 Å². The van der Waals surface area contributed by atoms with E-state index >= 15 is 0 Å². The molecule has 1 heterocycles. The fourth-order valence-corrected chi connectivity index (χ4v) is 1.88. The molecule has 0 aliphatic heterocycles. The molecule has 13 heavy (non-hydrogen) atoms. The number of nitrogens with zero attached hydrogens (tertiary/aromatic N) is 2. The third-order valence-electron chi connectivity index (χ3n) is 1.31. The Morgan fingerprint density at radius 1 is 1.62 bits per heavy atom. The van der Waals surface area contributed by atoms with Crippen molar-refractivity contribution < 1.29 is 4.79 Å². The standard InChI is InChI=1S/C7H11N3OS2/c1-3-4-8-5(11)6-9-10-7(12-2)13-6/h3-4H2,1-2H3,(H,8,11). The summed E-state index contributed by atoms with van der Waals surface area (Å²) >= 11 is 2.82. The maximum atomic E-state index is 11.3. The quantitative estimate of drug-likeness (QED) is 0.775. The summed E-state index contributed by atoms with van der Waals surface area (Å²) in [6, 6.07) is 0. The van der Waals surface area contributed by atoms with Crippen LogP contribution in [0.3, 0.4) is 0 Å². The average Bonchev–Trinajstić information content (AvgIpc) is 2.62. The number of carbonyl (C=O) groups excluding carboxylic acids is 1. The van der Waals surface area contributed by atoms with Crippen molar-refractivity contribution in [3.63, 3.8) is 0 Å². The Bertz CT molecular complexity index is 287. The zero-order valence-electron chi connectivity index (χ0n) is 7.53. The van der Waals surface area contributed by atoms with Crippen LogP contribution >= 0.6 is 23.1 Å². The van der Waals surface area contributed by atoms with E-state index in [4.69, 9.17) is 0 Å². The molecule has 0 fully saturated rings. The molecule has 1 aromatic rings. The highest BCUT2D eigenvalue weighted by Crippen LogP contribution is 2.18. The highest BCUT2D eigenvalue weighted by molar-refractivity contribution is 8.00. The summed E-state index contributed by atoms with van der Waals surface area (Å²) in [7, 11) is 0. The third kappa shape index (κ3) is 2.96. The van der Waals surface area contributed by atoms with E-state index in [2.05, 4.69) is 15.5 Å². The first-order valence-electron chi connectivity index (χ1n) is 3.93. The molecule has 0 radical (unpaired) electrons.